The number of pyridine rings is 1. The van der Waals surface area contributed by atoms with Crippen LogP contribution in [-0.4, -0.2) is 73.6 Å². The molecule has 29 heavy (non-hydrogen) atoms. The summed E-state index contributed by atoms with van der Waals surface area (Å²) in [7, 11) is 1.90. The summed E-state index contributed by atoms with van der Waals surface area (Å²) in [5.41, 5.74) is 1.22. The maximum Gasteiger partial charge on any atom is 0.193 e. The molecule has 7 heteroatoms. The Morgan fingerprint density at radius 2 is 1.79 bits per heavy atom. The van der Waals surface area contributed by atoms with Gasteiger partial charge in [0, 0.05) is 59.1 Å². The Morgan fingerprint density at radius 3 is 2.34 bits per heavy atom. The minimum Gasteiger partial charge on any atom is -0.354 e. The fourth-order valence-electron chi connectivity index (χ4n) is 5.09. The third-order valence-electron chi connectivity index (χ3n) is 6.89. The van der Waals surface area contributed by atoms with Crippen molar-refractivity contribution in [2.45, 2.75) is 39.2 Å². The summed E-state index contributed by atoms with van der Waals surface area (Å²) in [5, 5.41) is 3.57. The largest absolute Gasteiger partial charge is 0.354 e. The standard InChI is InChI=1S/C22H36N6.HI/c1-3-26-10-12-27(13-11-26)21-9-8-18(14-24-21)15-25-22(23-2)28-16-19-6-4-5-7-20(19)17-28;/h8-9,14,19-20H,3-7,10-13,15-17H2,1-2H3,(H,23,25);1H. The molecule has 2 aliphatic heterocycles. The monoisotopic (exact) mass is 512 g/mol. The van der Waals surface area contributed by atoms with Crippen molar-refractivity contribution in [3.63, 3.8) is 0 Å². The molecule has 1 N–H and O–H groups in total. The van der Waals surface area contributed by atoms with E-state index in [0.717, 1.165) is 62.9 Å². The van der Waals surface area contributed by atoms with Crippen LogP contribution in [0.15, 0.2) is 23.3 Å². The van der Waals surface area contributed by atoms with E-state index in [9.17, 15) is 0 Å². The summed E-state index contributed by atoms with van der Waals surface area (Å²) in [6, 6.07) is 4.38. The Balaban J connectivity index is 0.00000240. The van der Waals surface area contributed by atoms with Crippen molar-refractivity contribution in [1.82, 2.24) is 20.1 Å². The highest BCUT2D eigenvalue weighted by Gasteiger charge is 2.35. The first-order chi connectivity index (χ1) is 13.8. The first kappa shape index (κ1) is 22.6. The molecule has 1 saturated carbocycles. The normalized spacial score (nSPS) is 25.5. The highest BCUT2D eigenvalue weighted by Crippen LogP contribution is 2.35. The van der Waals surface area contributed by atoms with Crippen LogP contribution in [0, 0.1) is 11.8 Å². The van der Waals surface area contributed by atoms with Crippen LogP contribution in [0.5, 0.6) is 0 Å². The van der Waals surface area contributed by atoms with Crippen LogP contribution in [0.25, 0.3) is 0 Å². The molecule has 3 aliphatic rings. The molecular weight excluding hydrogens is 475 g/mol. The van der Waals surface area contributed by atoms with Crippen molar-refractivity contribution in [3.05, 3.63) is 23.9 Å². The molecule has 3 fully saturated rings. The zero-order chi connectivity index (χ0) is 19.3. The molecule has 0 spiro atoms. The predicted molar refractivity (Wildman–Crippen MR) is 131 cm³/mol. The van der Waals surface area contributed by atoms with Gasteiger partial charge in [0.2, 0.25) is 0 Å². The summed E-state index contributed by atoms with van der Waals surface area (Å²) < 4.78 is 0. The molecule has 0 radical (unpaired) electrons. The number of anilines is 1. The molecule has 0 bridgehead atoms. The Hall–Kier alpha value is -1.09. The van der Waals surface area contributed by atoms with Gasteiger partial charge in [-0.1, -0.05) is 25.8 Å². The van der Waals surface area contributed by atoms with Gasteiger partial charge >= 0.3 is 0 Å². The number of aromatic nitrogens is 1. The average Bonchev–Trinajstić information content (AvgIpc) is 3.19. The molecule has 2 saturated heterocycles. The van der Waals surface area contributed by atoms with Crippen molar-refractivity contribution in [2.24, 2.45) is 16.8 Å². The number of hydrogen-bond acceptors (Lipinski definition) is 4. The zero-order valence-corrected chi connectivity index (χ0v) is 20.3. The number of likely N-dealkylation sites (N-methyl/N-ethyl adjacent to an activating group) is 1. The van der Waals surface area contributed by atoms with E-state index < -0.39 is 0 Å². The highest BCUT2D eigenvalue weighted by atomic mass is 127. The molecular formula is C22H37IN6. The molecule has 4 rings (SSSR count). The summed E-state index contributed by atoms with van der Waals surface area (Å²) in [4.78, 5) is 16.6. The van der Waals surface area contributed by atoms with Gasteiger partial charge in [-0.05, 0) is 42.9 Å². The van der Waals surface area contributed by atoms with Gasteiger partial charge in [0.15, 0.2) is 5.96 Å². The maximum atomic E-state index is 4.73. The molecule has 2 atom stereocenters. The number of halogens is 1. The molecule has 0 amide bonds. The van der Waals surface area contributed by atoms with Gasteiger partial charge in [-0.2, -0.15) is 0 Å². The minimum atomic E-state index is 0. The lowest BCUT2D eigenvalue weighted by atomic mass is 9.82. The Morgan fingerprint density at radius 1 is 1.10 bits per heavy atom. The van der Waals surface area contributed by atoms with Crippen molar-refractivity contribution < 1.29 is 0 Å². The number of nitrogens with zero attached hydrogens (tertiary/aromatic N) is 5. The van der Waals surface area contributed by atoms with Crippen LogP contribution in [0.2, 0.25) is 0 Å². The summed E-state index contributed by atoms with van der Waals surface area (Å²) in [6.07, 6.45) is 7.64. The Kier molecular flexibility index (Phi) is 8.41. The lowest BCUT2D eigenvalue weighted by Gasteiger charge is -2.34. The fraction of sp³-hybridized carbons (Fsp3) is 0.727. The zero-order valence-electron chi connectivity index (χ0n) is 18.0. The molecule has 1 aromatic heterocycles. The quantitative estimate of drug-likeness (QED) is 0.382. The van der Waals surface area contributed by atoms with E-state index in [1.807, 2.05) is 13.2 Å². The molecule has 3 heterocycles. The number of nitrogens with one attached hydrogen (secondary N) is 1. The van der Waals surface area contributed by atoms with Crippen molar-refractivity contribution >= 4 is 35.8 Å². The minimum absolute atomic E-state index is 0. The van der Waals surface area contributed by atoms with Gasteiger partial charge in [0.05, 0.1) is 0 Å². The van der Waals surface area contributed by atoms with E-state index in [4.69, 9.17) is 4.98 Å². The van der Waals surface area contributed by atoms with Crippen molar-refractivity contribution in [1.29, 1.82) is 0 Å². The lowest BCUT2D eigenvalue weighted by Crippen LogP contribution is -2.46. The van der Waals surface area contributed by atoms with Crippen LogP contribution in [0.4, 0.5) is 5.82 Å². The van der Waals surface area contributed by atoms with Gasteiger partial charge in [-0.25, -0.2) is 4.98 Å². The number of likely N-dealkylation sites (tertiary alicyclic amines) is 1. The van der Waals surface area contributed by atoms with Crippen molar-refractivity contribution in [2.75, 3.05) is 57.8 Å². The van der Waals surface area contributed by atoms with Crippen LogP contribution < -0.4 is 10.2 Å². The average molecular weight is 512 g/mol. The van der Waals surface area contributed by atoms with Gasteiger partial charge in [-0.15, -0.1) is 24.0 Å². The molecule has 0 aromatic carbocycles. The number of fused-ring (bicyclic) bond motifs is 1. The predicted octanol–water partition coefficient (Wildman–Crippen LogP) is 3.04. The molecule has 162 valence electrons. The Bertz CT molecular complexity index is 642. The van der Waals surface area contributed by atoms with Gasteiger partial charge < -0.3 is 20.0 Å². The smallest absolute Gasteiger partial charge is 0.193 e. The molecule has 1 aromatic rings. The van der Waals surface area contributed by atoms with E-state index in [-0.39, 0.29) is 24.0 Å². The fourth-order valence-corrected chi connectivity index (χ4v) is 5.09. The molecule has 6 nitrogen and oxygen atoms in total. The third kappa shape index (κ3) is 5.54. The van der Waals surface area contributed by atoms with Gasteiger partial charge in [-0.3, -0.25) is 4.99 Å². The summed E-state index contributed by atoms with van der Waals surface area (Å²) in [5.74, 6) is 3.91. The lowest BCUT2D eigenvalue weighted by molar-refractivity contribution is 0.270. The molecule has 1 aliphatic carbocycles. The second kappa shape index (κ2) is 10.8. The summed E-state index contributed by atoms with van der Waals surface area (Å²) >= 11 is 0. The number of piperazine rings is 1. The van der Waals surface area contributed by atoms with Gasteiger partial charge in [0.25, 0.3) is 0 Å². The van der Waals surface area contributed by atoms with Crippen LogP contribution in [0.3, 0.4) is 0 Å². The second-order valence-electron chi connectivity index (χ2n) is 8.56. The second-order valence-corrected chi connectivity index (χ2v) is 8.56. The van der Waals surface area contributed by atoms with Gasteiger partial charge in [0.1, 0.15) is 5.82 Å². The van der Waals surface area contributed by atoms with Crippen LogP contribution in [0.1, 0.15) is 38.2 Å². The first-order valence-electron chi connectivity index (χ1n) is 11.1. The Labute approximate surface area is 193 Å². The van der Waals surface area contributed by atoms with E-state index >= 15 is 0 Å². The van der Waals surface area contributed by atoms with E-state index in [1.165, 1.54) is 44.3 Å². The van der Waals surface area contributed by atoms with Crippen LogP contribution >= 0.6 is 24.0 Å². The number of guanidine groups is 1. The summed E-state index contributed by atoms with van der Waals surface area (Å²) in [6.45, 7) is 10.9. The first-order valence-corrected chi connectivity index (χ1v) is 11.1. The van der Waals surface area contributed by atoms with Crippen molar-refractivity contribution in [3.8, 4) is 0 Å². The number of rotatable bonds is 4. The maximum absolute atomic E-state index is 4.73. The van der Waals surface area contributed by atoms with E-state index in [2.05, 4.69) is 44.1 Å². The topological polar surface area (TPSA) is 47.0 Å². The number of aliphatic imine (C=N–C) groups is 1. The highest BCUT2D eigenvalue weighted by molar-refractivity contribution is 14.0. The van der Waals surface area contributed by atoms with Crippen LogP contribution in [-0.2, 0) is 6.54 Å². The number of hydrogen-bond donors (Lipinski definition) is 1. The van der Waals surface area contributed by atoms with E-state index in [0.29, 0.717) is 0 Å². The SMILES string of the molecule is CCN1CCN(c2ccc(CNC(=NC)N3CC4CCCCC4C3)cn2)CC1.I. The molecule has 2 unspecified atom stereocenters. The van der Waals surface area contributed by atoms with E-state index in [1.54, 1.807) is 0 Å². The third-order valence-corrected chi connectivity index (χ3v) is 6.89.